The van der Waals surface area contributed by atoms with Crippen molar-refractivity contribution in [2.24, 2.45) is 0 Å². The van der Waals surface area contributed by atoms with Crippen molar-refractivity contribution in [1.82, 2.24) is 4.90 Å². The number of para-hydroxylation sites is 1. The lowest BCUT2D eigenvalue weighted by Gasteiger charge is -2.26. The topological polar surface area (TPSA) is 55.8 Å². The van der Waals surface area contributed by atoms with E-state index in [0.29, 0.717) is 27.7 Å². The molecule has 3 aromatic rings. The zero-order valence-electron chi connectivity index (χ0n) is 16.7. The van der Waals surface area contributed by atoms with E-state index in [1.54, 1.807) is 25.2 Å². The van der Waals surface area contributed by atoms with E-state index in [2.05, 4.69) is 0 Å². The molecular weight excluding hydrogens is 385 g/mol. The number of carbonyl (C=O) groups is 1. The molecule has 29 heavy (non-hydrogen) atoms. The van der Waals surface area contributed by atoms with Crippen LogP contribution in [0.1, 0.15) is 10.4 Å². The molecule has 0 saturated carbocycles. The van der Waals surface area contributed by atoms with Crippen molar-refractivity contribution >= 4 is 23.7 Å². The van der Waals surface area contributed by atoms with Crippen LogP contribution in [0.4, 0.5) is 0 Å². The Bertz CT molecular complexity index is 978. The highest BCUT2D eigenvalue weighted by atomic mass is 31.2. The summed E-state index contributed by atoms with van der Waals surface area (Å²) in [6.07, 6.45) is 0.0697. The first kappa shape index (κ1) is 20.7. The zero-order valence-corrected chi connectivity index (χ0v) is 17.6. The largest absolute Gasteiger partial charge is 0.493 e. The van der Waals surface area contributed by atoms with E-state index in [1.807, 2.05) is 60.7 Å². The lowest BCUT2D eigenvalue weighted by atomic mass is 10.1. The van der Waals surface area contributed by atoms with Crippen LogP contribution in [0.3, 0.4) is 0 Å². The lowest BCUT2D eigenvalue weighted by molar-refractivity contribution is 0.0813. The van der Waals surface area contributed by atoms with E-state index in [0.717, 1.165) is 0 Å². The molecule has 6 heteroatoms. The number of hydrogen-bond donors (Lipinski definition) is 0. The molecule has 0 aliphatic rings. The Hall–Kier alpha value is -3.04. The number of rotatable bonds is 7. The fraction of sp³-hybridized carbons (Fsp3) is 0.174. The summed E-state index contributed by atoms with van der Waals surface area (Å²) >= 11 is 0. The van der Waals surface area contributed by atoms with Gasteiger partial charge in [-0.15, -0.1) is 0 Å². The summed E-state index contributed by atoms with van der Waals surface area (Å²) in [5, 5.41) is 1.42. The molecule has 150 valence electrons. The summed E-state index contributed by atoms with van der Waals surface area (Å²) in [6, 6.07) is 23.7. The number of methoxy groups -OCH3 is 2. The van der Waals surface area contributed by atoms with E-state index in [4.69, 9.17) is 9.47 Å². The quantitative estimate of drug-likeness (QED) is 0.558. The van der Waals surface area contributed by atoms with Crippen LogP contribution >= 0.6 is 7.14 Å². The third kappa shape index (κ3) is 4.20. The molecule has 1 amide bonds. The van der Waals surface area contributed by atoms with Crippen LogP contribution in [0.5, 0.6) is 11.5 Å². The fourth-order valence-electron chi connectivity index (χ4n) is 3.27. The Morgan fingerprint density at radius 2 is 1.38 bits per heavy atom. The van der Waals surface area contributed by atoms with Gasteiger partial charge in [-0.3, -0.25) is 4.79 Å². The first-order chi connectivity index (χ1) is 14.0. The summed E-state index contributed by atoms with van der Waals surface area (Å²) in [5.41, 5.74) is 0.363. The van der Waals surface area contributed by atoms with Crippen molar-refractivity contribution in [2.45, 2.75) is 0 Å². The van der Waals surface area contributed by atoms with E-state index >= 15 is 0 Å². The molecule has 0 atom stereocenters. The molecule has 3 aromatic carbocycles. The molecule has 0 saturated heterocycles. The number of nitrogens with zero attached hydrogens (tertiary/aromatic N) is 1. The van der Waals surface area contributed by atoms with Crippen LogP contribution in [0.2, 0.25) is 0 Å². The minimum absolute atomic E-state index is 0.0697. The first-order valence-corrected chi connectivity index (χ1v) is 11.1. The van der Waals surface area contributed by atoms with Crippen molar-refractivity contribution in [3.8, 4) is 11.5 Å². The zero-order chi connectivity index (χ0) is 20.9. The number of benzene rings is 3. The monoisotopic (exact) mass is 409 g/mol. The highest BCUT2D eigenvalue weighted by Crippen LogP contribution is 2.44. The standard InChI is InChI=1S/C23H24NO4P/c1-24(23(25)20-15-10-16-21(27-2)22(20)28-3)17-29(26,18-11-6-4-7-12-18)19-13-8-5-9-14-19/h4-16H,17H2,1-3H3. The van der Waals surface area contributed by atoms with Gasteiger partial charge in [0.2, 0.25) is 0 Å². The maximum absolute atomic E-state index is 14.2. The molecule has 0 heterocycles. The Morgan fingerprint density at radius 1 is 0.828 bits per heavy atom. The second kappa shape index (κ2) is 8.97. The Labute approximate surface area is 171 Å². The second-order valence-electron chi connectivity index (χ2n) is 6.60. The number of hydrogen-bond acceptors (Lipinski definition) is 4. The van der Waals surface area contributed by atoms with Gasteiger partial charge in [-0.25, -0.2) is 0 Å². The summed E-state index contributed by atoms with van der Waals surface area (Å²) in [5.74, 6) is 0.551. The van der Waals surface area contributed by atoms with Gasteiger partial charge in [-0.05, 0) is 12.1 Å². The predicted molar refractivity (Wildman–Crippen MR) is 116 cm³/mol. The van der Waals surface area contributed by atoms with Crippen molar-refractivity contribution in [3.63, 3.8) is 0 Å². The van der Waals surface area contributed by atoms with Gasteiger partial charge in [-0.1, -0.05) is 66.7 Å². The molecule has 0 spiro atoms. The van der Waals surface area contributed by atoms with Crippen LogP contribution in [-0.4, -0.2) is 38.4 Å². The number of carbonyl (C=O) groups excluding carboxylic acids is 1. The second-order valence-corrected chi connectivity index (χ2v) is 9.39. The molecule has 0 aliphatic carbocycles. The summed E-state index contributed by atoms with van der Waals surface area (Å²) < 4.78 is 24.9. The lowest BCUT2D eigenvalue weighted by Crippen LogP contribution is -2.33. The molecule has 0 radical (unpaired) electrons. The van der Waals surface area contributed by atoms with Crippen LogP contribution in [0, 0.1) is 0 Å². The van der Waals surface area contributed by atoms with Gasteiger partial charge in [0.25, 0.3) is 5.91 Å². The molecule has 0 aromatic heterocycles. The Morgan fingerprint density at radius 3 is 1.86 bits per heavy atom. The van der Waals surface area contributed by atoms with E-state index in [-0.39, 0.29) is 12.2 Å². The van der Waals surface area contributed by atoms with Crippen molar-refractivity contribution < 1.29 is 18.8 Å². The first-order valence-electron chi connectivity index (χ1n) is 9.18. The van der Waals surface area contributed by atoms with Crippen molar-refractivity contribution in [3.05, 3.63) is 84.4 Å². The maximum atomic E-state index is 14.2. The van der Waals surface area contributed by atoms with Crippen LogP contribution in [-0.2, 0) is 4.57 Å². The summed E-state index contributed by atoms with van der Waals surface area (Å²) in [7, 11) is 1.60. The highest BCUT2D eigenvalue weighted by Gasteiger charge is 2.31. The third-order valence-electron chi connectivity index (χ3n) is 4.74. The van der Waals surface area contributed by atoms with Gasteiger partial charge in [-0.2, -0.15) is 0 Å². The molecule has 0 fully saturated rings. The van der Waals surface area contributed by atoms with Crippen molar-refractivity contribution in [1.29, 1.82) is 0 Å². The number of ether oxygens (including phenoxy) is 2. The summed E-state index contributed by atoms with van der Waals surface area (Å²) in [4.78, 5) is 14.7. The maximum Gasteiger partial charge on any atom is 0.257 e. The Balaban J connectivity index is 1.99. The van der Waals surface area contributed by atoms with Gasteiger partial charge in [0.15, 0.2) is 18.6 Å². The summed E-state index contributed by atoms with van der Waals surface area (Å²) in [6.45, 7) is 0. The van der Waals surface area contributed by atoms with Crippen LogP contribution in [0.15, 0.2) is 78.9 Å². The minimum atomic E-state index is -3.06. The molecule has 3 rings (SSSR count). The average molecular weight is 409 g/mol. The van der Waals surface area contributed by atoms with Gasteiger partial charge < -0.3 is 18.9 Å². The van der Waals surface area contributed by atoms with E-state index < -0.39 is 7.14 Å². The smallest absolute Gasteiger partial charge is 0.257 e. The number of amides is 1. The molecule has 0 aliphatic heterocycles. The highest BCUT2D eigenvalue weighted by molar-refractivity contribution is 7.78. The van der Waals surface area contributed by atoms with Gasteiger partial charge >= 0.3 is 0 Å². The normalized spacial score (nSPS) is 11.0. The molecule has 0 unspecified atom stereocenters. The van der Waals surface area contributed by atoms with Crippen LogP contribution in [0.25, 0.3) is 0 Å². The molecule has 5 nitrogen and oxygen atoms in total. The SMILES string of the molecule is COc1cccc(C(=O)N(C)CP(=O)(c2ccccc2)c2ccccc2)c1OC. The molecule has 0 N–H and O–H groups in total. The molecular formula is C23H24NO4P. The minimum Gasteiger partial charge on any atom is -0.493 e. The average Bonchev–Trinajstić information content (AvgIpc) is 2.78. The van der Waals surface area contributed by atoms with Crippen molar-refractivity contribution in [2.75, 3.05) is 27.6 Å². The molecule has 0 bridgehead atoms. The fourth-order valence-corrected chi connectivity index (χ4v) is 5.93. The van der Waals surface area contributed by atoms with Gasteiger partial charge in [0.05, 0.1) is 26.1 Å². The van der Waals surface area contributed by atoms with Crippen LogP contribution < -0.4 is 20.1 Å². The van der Waals surface area contributed by atoms with E-state index in [1.165, 1.54) is 19.1 Å². The third-order valence-corrected chi connectivity index (χ3v) is 7.83. The van der Waals surface area contributed by atoms with E-state index in [9.17, 15) is 9.36 Å². The predicted octanol–water partition coefficient (Wildman–Crippen LogP) is 3.75. The Kier molecular flexibility index (Phi) is 6.40. The van der Waals surface area contributed by atoms with Gasteiger partial charge in [0.1, 0.15) is 0 Å². The van der Waals surface area contributed by atoms with Gasteiger partial charge in [0, 0.05) is 17.7 Å².